The van der Waals surface area contributed by atoms with Crippen LogP contribution in [0.4, 0.5) is 0 Å². The smallest absolute Gasteiger partial charge is 0.0649 e. The molecule has 0 unspecified atom stereocenters. The van der Waals surface area contributed by atoms with Crippen LogP contribution >= 0.6 is 11.3 Å². The van der Waals surface area contributed by atoms with Gasteiger partial charge in [-0.1, -0.05) is 0 Å². The van der Waals surface area contributed by atoms with Crippen molar-refractivity contribution in [2.24, 2.45) is 0 Å². The Kier molecular flexibility index (Phi) is 2.61. The van der Waals surface area contributed by atoms with E-state index in [0.29, 0.717) is 0 Å². The van der Waals surface area contributed by atoms with Crippen molar-refractivity contribution in [1.82, 2.24) is 9.97 Å². The Morgan fingerprint density at radius 2 is 1.71 bits per heavy atom. The fraction of sp³-hybridized carbons (Fsp3) is 0.143. The summed E-state index contributed by atoms with van der Waals surface area (Å²) in [6.45, 7) is 2.15. The van der Waals surface area contributed by atoms with Crippen LogP contribution in [-0.2, 0) is 0 Å². The molecule has 0 spiro atoms. The Labute approximate surface area is 104 Å². The van der Waals surface area contributed by atoms with Gasteiger partial charge in [0.25, 0.3) is 0 Å². The second-order valence-electron chi connectivity index (χ2n) is 4.17. The summed E-state index contributed by atoms with van der Waals surface area (Å²) in [7, 11) is 0. The highest BCUT2D eigenvalue weighted by molar-refractivity contribution is 7.10. The van der Waals surface area contributed by atoms with Crippen LogP contribution < -0.4 is 0 Å². The number of aromatic amines is 2. The lowest BCUT2D eigenvalue weighted by atomic mass is 9.95. The zero-order chi connectivity index (χ0) is 11.7. The maximum absolute atomic E-state index is 3.32. The van der Waals surface area contributed by atoms with Gasteiger partial charge in [-0.2, -0.15) is 0 Å². The van der Waals surface area contributed by atoms with Crippen LogP contribution in [0.15, 0.2) is 48.1 Å². The van der Waals surface area contributed by atoms with Crippen molar-refractivity contribution in [3.8, 4) is 0 Å². The molecule has 3 rings (SSSR count). The highest BCUT2D eigenvalue weighted by atomic mass is 32.1. The van der Waals surface area contributed by atoms with Crippen molar-refractivity contribution >= 4 is 11.3 Å². The van der Waals surface area contributed by atoms with E-state index >= 15 is 0 Å². The molecule has 2 N–H and O–H groups in total. The molecule has 0 aliphatic carbocycles. The third kappa shape index (κ3) is 1.94. The first-order valence-corrected chi connectivity index (χ1v) is 6.54. The zero-order valence-corrected chi connectivity index (χ0v) is 10.4. The van der Waals surface area contributed by atoms with Crippen LogP contribution in [0.25, 0.3) is 0 Å². The van der Waals surface area contributed by atoms with E-state index in [1.54, 1.807) is 11.3 Å². The van der Waals surface area contributed by atoms with Gasteiger partial charge in [-0.15, -0.1) is 11.3 Å². The first-order valence-electron chi connectivity index (χ1n) is 5.66. The fourth-order valence-electron chi connectivity index (χ4n) is 2.19. The molecule has 3 aromatic heterocycles. The molecule has 0 fully saturated rings. The number of aryl methyl sites for hydroxylation is 1. The van der Waals surface area contributed by atoms with Crippen LogP contribution in [0.5, 0.6) is 0 Å². The molecule has 3 heterocycles. The van der Waals surface area contributed by atoms with Crippen LogP contribution in [0.1, 0.15) is 27.7 Å². The van der Waals surface area contributed by atoms with Crippen molar-refractivity contribution < 1.29 is 0 Å². The Hall–Kier alpha value is -1.74. The first kappa shape index (κ1) is 10.4. The Morgan fingerprint density at radius 1 is 1.06 bits per heavy atom. The molecule has 0 atom stereocenters. The second kappa shape index (κ2) is 4.26. The highest BCUT2D eigenvalue weighted by Crippen LogP contribution is 2.32. The number of nitrogens with one attached hydrogen (secondary N) is 2. The van der Waals surface area contributed by atoms with E-state index in [4.69, 9.17) is 0 Å². The van der Waals surface area contributed by atoms with Gasteiger partial charge in [-0.3, -0.25) is 0 Å². The molecule has 0 radical (unpaired) electrons. The zero-order valence-electron chi connectivity index (χ0n) is 9.60. The van der Waals surface area contributed by atoms with E-state index in [2.05, 4.69) is 40.5 Å². The largest absolute Gasteiger partial charge is 0.364 e. The van der Waals surface area contributed by atoms with E-state index in [-0.39, 0.29) is 5.92 Å². The lowest BCUT2D eigenvalue weighted by Crippen LogP contribution is -2.02. The average molecular weight is 242 g/mol. The Morgan fingerprint density at radius 3 is 2.12 bits per heavy atom. The molecule has 17 heavy (non-hydrogen) atoms. The number of aromatic nitrogens is 2. The van der Waals surface area contributed by atoms with E-state index in [9.17, 15) is 0 Å². The molecule has 0 saturated heterocycles. The van der Waals surface area contributed by atoms with Gasteiger partial charge in [0.15, 0.2) is 0 Å². The van der Waals surface area contributed by atoms with E-state index < -0.39 is 0 Å². The number of thiophene rings is 1. The van der Waals surface area contributed by atoms with E-state index in [1.165, 1.54) is 21.8 Å². The van der Waals surface area contributed by atoms with Crippen molar-refractivity contribution in [1.29, 1.82) is 0 Å². The third-order valence-corrected chi connectivity index (χ3v) is 3.83. The quantitative estimate of drug-likeness (QED) is 0.698. The molecular weight excluding hydrogens is 228 g/mol. The van der Waals surface area contributed by atoms with Gasteiger partial charge < -0.3 is 9.97 Å². The van der Waals surface area contributed by atoms with Crippen molar-refractivity contribution in [2.75, 3.05) is 0 Å². The summed E-state index contributed by atoms with van der Waals surface area (Å²) in [5, 5.41) is 2.24. The summed E-state index contributed by atoms with van der Waals surface area (Å²) in [5.41, 5.74) is 3.80. The summed E-state index contributed by atoms with van der Waals surface area (Å²) in [6, 6.07) is 10.6. The Bertz CT molecular complexity index is 541. The minimum absolute atomic E-state index is 0.282. The predicted octanol–water partition coefficient (Wildman–Crippen LogP) is 3.89. The second-order valence-corrected chi connectivity index (χ2v) is 5.29. The monoisotopic (exact) mass is 242 g/mol. The standard InChI is InChI=1S/C14H14N2S/c1-10-8-11(9-17-10)14(12-4-2-6-15-12)13-5-3-7-16-13/h2-9,14-16H,1H3. The topological polar surface area (TPSA) is 31.6 Å². The van der Waals surface area contributed by atoms with E-state index in [0.717, 1.165) is 0 Å². The summed E-state index contributed by atoms with van der Waals surface area (Å²) in [5.74, 6) is 0.282. The molecule has 3 heteroatoms. The molecule has 0 saturated carbocycles. The normalized spacial score (nSPS) is 11.2. The van der Waals surface area contributed by atoms with Crippen LogP contribution in [-0.4, -0.2) is 9.97 Å². The average Bonchev–Trinajstić information content (AvgIpc) is 3.02. The maximum Gasteiger partial charge on any atom is 0.0649 e. The highest BCUT2D eigenvalue weighted by Gasteiger charge is 2.19. The molecule has 0 amide bonds. The van der Waals surface area contributed by atoms with Crippen LogP contribution in [0, 0.1) is 6.92 Å². The molecule has 3 aromatic rings. The lowest BCUT2D eigenvalue weighted by molar-refractivity contribution is 0.902. The van der Waals surface area contributed by atoms with Gasteiger partial charge in [0.2, 0.25) is 0 Å². The molecule has 0 aromatic carbocycles. The molecule has 0 aliphatic rings. The molecule has 0 bridgehead atoms. The molecule has 2 nitrogen and oxygen atoms in total. The summed E-state index contributed by atoms with van der Waals surface area (Å²) >= 11 is 1.80. The molecule has 0 aliphatic heterocycles. The van der Waals surface area contributed by atoms with Gasteiger partial charge in [-0.05, 0) is 48.2 Å². The van der Waals surface area contributed by atoms with Crippen molar-refractivity contribution in [3.05, 3.63) is 69.9 Å². The Balaban J connectivity index is 2.09. The van der Waals surface area contributed by atoms with E-state index in [1.807, 2.05) is 24.5 Å². The number of H-pyrrole nitrogens is 2. The lowest BCUT2D eigenvalue weighted by Gasteiger charge is -2.13. The van der Waals surface area contributed by atoms with Crippen molar-refractivity contribution in [2.45, 2.75) is 12.8 Å². The van der Waals surface area contributed by atoms with Crippen LogP contribution in [0.3, 0.4) is 0 Å². The number of hydrogen-bond acceptors (Lipinski definition) is 1. The third-order valence-electron chi connectivity index (χ3n) is 2.95. The summed E-state index contributed by atoms with van der Waals surface area (Å²) < 4.78 is 0. The minimum atomic E-state index is 0.282. The minimum Gasteiger partial charge on any atom is -0.364 e. The number of hydrogen-bond donors (Lipinski definition) is 2. The van der Waals surface area contributed by atoms with Gasteiger partial charge in [0.1, 0.15) is 0 Å². The summed E-state index contributed by atoms with van der Waals surface area (Å²) in [4.78, 5) is 7.99. The van der Waals surface area contributed by atoms with Crippen molar-refractivity contribution in [3.63, 3.8) is 0 Å². The van der Waals surface area contributed by atoms with Crippen LogP contribution in [0.2, 0.25) is 0 Å². The van der Waals surface area contributed by atoms with Gasteiger partial charge in [0, 0.05) is 28.7 Å². The maximum atomic E-state index is 3.32. The van der Waals surface area contributed by atoms with Gasteiger partial charge >= 0.3 is 0 Å². The van der Waals surface area contributed by atoms with Gasteiger partial charge in [-0.25, -0.2) is 0 Å². The molecular formula is C14H14N2S. The number of rotatable bonds is 3. The summed E-state index contributed by atoms with van der Waals surface area (Å²) in [6.07, 6.45) is 3.95. The van der Waals surface area contributed by atoms with Gasteiger partial charge in [0.05, 0.1) is 5.92 Å². The SMILES string of the molecule is Cc1cc(C(c2ccc[nH]2)c2ccc[nH]2)cs1. The predicted molar refractivity (Wildman–Crippen MR) is 71.6 cm³/mol. The molecule has 86 valence electrons. The fourth-order valence-corrected chi connectivity index (χ4v) is 2.92. The first-order chi connectivity index (χ1) is 8.34.